The molecule has 0 aromatic heterocycles. The molecule has 6 N–H and O–H groups in total. The quantitative estimate of drug-likeness (QED) is 0.0839. The smallest absolute Gasteiger partial charge is 0.166 e. The van der Waals surface area contributed by atoms with E-state index in [1.807, 2.05) is 97.1 Å². The summed E-state index contributed by atoms with van der Waals surface area (Å²) in [5, 5.41) is 73.6. The fourth-order valence-corrected chi connectivity index (χ4v) is 7.23. The maximum absolute atomic E-state index is 11.3. The normalized spacial score (nSPS) is 11.8. The number of hydrogen-bond donors (Lipinski definition) is 6. The Hall–Kier alpha value is -6.66. The largest absolute Gasteiger partial charge is 0.504 e. The number of phenolic OH excluding ortho intramolecular Hbond substituents is 6. The van der Waals surface area contributed by atoms with Gasteiger partial charge in [-0.25, -0.2) is 0 Å². The summed E-state index contributed by atoms with van der Waals surface area (Å²) in [6, 6.07) is 37.3. The summed E-state index contributed by atoms with van der Waals surface area (Å²) < 4.78 is 0. The van der Waals surface area contributed by atoms with Crippen molar-refractivity contribution in [3.05, 3.63) is 121 Å². The Balaban J connectivity index is 1.18. The Kier molecular flexibility index (Phi) is 5.71. The molecule has 230 valence electrons. The molecule has 6 nitrogen and oxygen atoms in total. The summed E-state index contributed by atoms with van der Waals surface area (Å²) in [6.45, 7) is 0. The van der Waals surface area contributed by atoms with Crippen LogP contribution in [0.4, 0.5) is 0 Å². The van der Waals surface area contributed by atoms with Crippen molar-refractivity contribution in [3.63, 3.8) is 0 Å². The Bertz CT molecular complexity index is 2660. The first-order valence-corrected chi connectivity index (χ1v) is 15.4. The SMILES string of the molecule is Oc1c(O)c2cc(-c3ccc4c(c3)c(O)c(O)c3cc(-c5ccc6c(c5)c(O)c(O)c5ccccc56)ccc34)ccc2c2ccccc12. The highest BCUT2D eigenvalue weighted by Crippen LogP contribution is 2.47. The first-order chi connectivity index (χ1) is 23.3. The summed E-state index contributed by atoms with van der Waals surface area (Å²) in [5.41, 5.74) is 3.05. The van der Waals surface area contributed by atoms with Gasteiger partial charge in [0.1, 0.15) is 0 Å². The summed E-state index contributed by atoms with van der Waals surface area (Å²) in [4.78, 5) is 0. The third kappa shape index (κ3) is 3.80. The minimum absolute atomic E-state index is 0.172. The van der Waals surface area contributed by atoms with Crippen molar-refractivity contribution in [1.29, 1.82) is 0 Å². The van der Waals surface area contributed by atoms with Gasteiger partial charge < -0.3 is 30.6 Å². The van der Waals surface area contributed by atoms with Crippen molar-refractivity contribution in [3.8, 4) is 56.8 Å². The maximum atomic E-state index is 11.3. The molecule has 0 heterocycles. The van der Waals surface area contributed by atoms with E-state index in [-0.39, 0.29) is 34.5 Å². The molecule has 0 amide bonds. The van der Waals surface area contributed by atoms with Crippen LogP contribution in [0.15, 0.2) is 121 Å². The molecule has 0 aliphatic rings. The predicted molar refractivity (Wildman–Crippen MR) is 192 cm³/mol. The van der Waals surface area contributed by atoms with E-state index in [0.717, 1.165) is 54.6 Å². The maximum Gasteiger partial charge on any atom is 0.166 e. The van der Waals surface area contributed by atoms with Gasteiger partial charge in [-0.3, -0.25) is 0 Å². The zero-order valence-electron chi connectivity index (χ0n) is 25.2. The Morgan fingerprint density at radius 2 is 0.417 bits per heavy atom. The van der Waals surface area contributed by atoms with Gasteiger partial charge in [0.15, 0.2) is 34.5 Å². The van der Waals surface area contributed by atoms with Gasteiger partial charge in [-0.2, -0.15) is 0 Å². The van der Waals surface area contributed by atoms with Crippen LogP contribution in [0.25, 0.3) is 86.9 Å². The molecule has 6 heteroatoms. The average molecular weight is 627 g/mol. The molecule has 48 heavy (non-hydrogen) atoms. The highest BCUT2D eigenvalue weighted by molar-refractivity contribution is 6.17. The van der Waals surface area contributed by atoms with Crippen LogP contribution in [0.3, 0.4) is 0 Å². The standard InChI is InChI=1S/C42H26O6/c43-37-31-7-3-1-5-25(31)27-13-9-21(17-33(27)39(37)45)23-11-15-29-30-16-12-24(20-36(30)42(48)41(47)35(29)19-23)22-10-14-28-26-6-2-4-8-32(26)38(44)40(46)34(28)18-22/h1-20,43-48H. The van der Waals surface area contributed by atoms with Gasteiger partial charge in [0.2, 0.25) is 0 Å². The molecule has 9 rings (SSSR count). The third-order valence-corrected chi connectivity index (χ3v) is 9.67. The minimum Gasteiger partial charge on any atom is -0.504 e. The molecule has 0 unspecified atom stereocenters. The van der Waals surface area contributed by atoms with Crippen molar-refractivity contribution < 1.29 is 30.6 Å². The van der Waals surface area contributed by atoms with Crippen molar-refractivity contribution in [2.45, 2.75) is 0 Å². The van der Waals surface area contributed by atoms with E-state index >= 15 is 0 Å². The summed E-state index contributed by atoms with van der Waals surface area (Å²) in [7, 11) is 0. The van der Waals surface area contributed by atoms with Crippen LogP contribution in [0.2, 0.25) is 0 Å². The van der Waals surface area contributed by atoms with E-state index in [1.54, 1.807) is 24.3 Å². The van der Waals surface area contributed by atoms with Crippen LogP contribution in [0.1, 0.15) is 0 Å². The van der Waals surface area contributed by atoms with Crippen LogP contribution in [-0.4, -0.2) is 30.6 Å². The van der Waals surface area contributed by atoms with Crippen LogP contribution >= 0.6 is 0 Å². The molecule has 0 saturated carbocycles. The molecule has 0 aliphatic carbocycles. The van der Waals surface area contributed by atoms with Gasteiger partial charge >= 0.3 is 0 Å². The van der Waals surface area contributed by atoms with Crippen LogP contribution in [0.5, 0.6) is 34.5 Å². The second kappa shape index (κ2) is 9.92. The van der Waals surface area contributed by atoms with E-state index in [9.17, 15) is 30.6 Å². The van der Waals surface area contributed by atoms with Gasteiger partial charge in [0, 0.05) is 32.3 Å². The molecule has 0 fully saturated rings. The van der Waals surface area contributed by atoms with E-state index < -0.39 is 0 Å². The highest BCUT2D eigenvalue weighted by atomic mass is 16.3. The Labute approximate surface area is 272 Å². The lowest BCUT2D eigenvalue weighted by molar-refractivity contribution is 0.412. The first-order valence-electron chi connectivity index (χ1n) is 15.4. The average Bonchev–Trinajstić information content (AvgIpc) is 3.14. The Morgan fingerprint density at radius 3 is 0.688 bits per heavy atom. The molecular weight excluding hydrogens is 600 g/mol. The fraction of sp³-hybridized carbons (Fsp3) is 0. The zero-order valence-corrected chi connectivity index (χ0v) is 25.2. The molecule has 0 saturated heterocycles. The lowest BCUT2D eigenvalue weighted by atomic mass is 9.92. The van der Waals surface area contributed by atoms with Crippen LogP contribution in [0, 0.1) is 0 Å². The van der Waals surface area contributed by atoms with Gasteiger partial charge in [0.05, 0.1) is 0 Å². The first kappa shape index (κ1) is 27.6. The van der Waals surface area contributed by atoms with Gasteiger partial charge in [-0.15, -0.1) is 0 Å². The monoisotopic (exact) mass is 626 g/mol. The summed E-state index contributed by atoms with van der Waals surface area (Å²) in [5.74, 6) is -1.24. The van der Waals surface area contributed by atoms with Gasteiger partial charge in [-0.05, 0) is 78.8 Å². The Morgan fingerprint density at radius 1 is 0.208 bits per heavy atom. The van der Waals surface area contributed by atoms with Crippen LogP contribution < -0.4 is 0 Å². The molecule has 0 bridgehead atoms. The molecule has 9 aromatic carbocycles. The second-order valence-electron chi connectivity index (χ2n) is 12.2. The second-order valence-corrected chi connectivity index (χ2v) is 12.2. The van der Waals surface area contributed by atoms with Crippen molar-refractivity contribution in [2.75, 3.05) is 0 Å². The molecule has 0 atom stereocenters. The van der Waals surface area contributed by atoms with Gasteiger partial charge in [0.25, 0.3) is 0 Å². The minimum atomic E-state index is -0.253. The van der Waals surface area contributed by atoms with Crippen LogP contribution in [-0.2, 0) is 0 Å². The predicted octanol–water partition coefficient (Wildman–Crippen LogP) is 10.2. The molecule has 9 aromatic rings. The number of rotatable bonds is 2. The third-order valence-electron chi connectivity index (χ3n) is 9.67. The lowest BCUT2D eigenvalue weighted by Crippen LogP contribution is -1.87. The lowest BCUT2D eigenvalue weighted by Gasteiger charge is -2.14. The fourth-order valence-electron chi connectivity index (χ4n) is 7.23. The van der Waals surface area contributed by atoms with E-state index in [4.69, 9.17) is 0 Å². The molecule has 0 aliphatic heterocycles. The topological polar surface area (TPSA) is 121 Å². The highest BCUT2D eigenvalue weighted by Gasteiger charge is 2.18. The summed E-state index contributed by atoms with van der Waals surface area (Å²) in [6.07, 6.45) is 0. The number of hydrogen-bond acceptors (Lipinski definition) is 6. The number of phenols is 6. The number of benzene rings is 9. The molecule has 0 spiro atoms. The van der Waals surface area contributed by atoms with Gasteiger partial charge in [-0.1, -0.05) is 97.1 Å². The van der Waals surface area contributed by atoms with E-state index in [1.165, 1.54) is 0 Å². The number of fused-ring (bicyclic) bond motifs is 9. The molecule has 0 radical (unpaired) electrons. The summed E-state index contributed by atoms with van der Waals surface area (Å²) >= 11 is 0. The van der Waals surface area contributed by atoms with Crippen molar-refractivity contribution in [1.82, 2.24) is 0 Å². The van der Waals surface area contributed by atoms with E-state index in [2.05, 4.69) is 0 Å². The number of aromatic hydroxyl groups is 6. The van der Waals surface area contributed by atoms with Crippen molar-refractivity contribution in [2.24, 2.45) is 0 Å². The molecular formula is C42H26O6. The zero-order chi connectivity index (χ0) is 32.8. The van der Waals surface area contributed by atoms with E-state index in [0.29, 0.717) is 32.3 Å². The van der Waals surface area contributed by atoms with Crippen molar-refractivity contribution >= 4 is 64.6 Å².